The van der Waals surface area contributed by atoms with Crippen molar-refractivity contribution in [1.29, 1.82) is 0 Å². The van der Waals surface area contributed by atoms with Crippen LogP contribution < -0.4 is 0 Å². The molecule has 1 atom stereocenters. The fourth-order valence-electron chi connectivity index (χ4n) is 2.84. The summed E-state index contributed by atoms with van der Waals surface area (Å²) in [4.78, 5) is 0. The fraction of sp³-hybridized carbons (Fsp3) is 1.00. The van der Waals surface area contributed by atoms with Gasteiger partial charge in [-0.3, -0.25) is 0 Å². The maximum atomic E-state index is 13.9. The van der Waals surface area contributed by atoms with E-state index in [-0.39, 0.29) is 12.3 Å². The van der Waals surface area contributed by atoms with Gasteiger partial charge >= 0.3 is 41.7 Å². The summed E-state index contributed by atoms with van der Waals surface area (Å²) in [6.45, 7) is 5.76. The third kappa shape index (κ3) is 5.05. The Morgan fingerprint density at radius 3 is 1.22 bits per heavy atom. The second-order valence-corrected chi connectivity index (χ2v) is 8.46. The van der Waals surface area contributed by atoms with Crippen molar-refractivity contribution in [2.45, 2.75) is 95.1 Å². The molecule has 0 aromatic heterocycles. The van der Waals surface area contributed by atoms with Gasteiger partial charge in [0.15, 0.2) is 0 Å². The van der Waals surface area contributed by atoms with E-state index in [4.69, 9.17) is 0 Å². The summed E-state index contributed by atoms with van der Waals surface area (Å²) in [5.41, 5.74) is -1.25. The molecule has 0 radical (unpaired) electrons. The molecule has 0 aliphatic heterocycles. The molecular weight excluding hydrogens is 489 g/mol. The zero-order chi connectivity index (χ0) is 26.4. The molecular formula is C17H21F15. The largest absolute Gasteiger partial charge is 0.460 e. The molecule has 0 fully saturated rings. The van der Waals surface area contributed by atoms with Gasteiger partial charge in [0, 0.05) is 6.42 Å². The van der Waals surface area contributed by atoms with Crippen LogP contribution in [-0.4, -0.2) is 41.7 Å². The summed E-state index contributed by atoms with van der Waals surface area (Å²) >= 11 is 0. The fourth-order valence-corrected chi connectivity index (χ4v) is 2.84. The van der Waals surface area contributed by atoms with Crippen LogP contribution >= 0.6 is 0 Å². The lowest BCUT2D eigenvalue weighted by molar-refractivity contribution is -0.452. The predicted molar refractivity (Wildman–Crippen MR) is 82.8 cm³/mol. The number of hydrogen-bond donors (Lipinski definition) is 0. The maximum Gasteiger partial charge on any atom is 0.460 e. The van der Waals surface area contributed by atoms with E-state index < -0.39 is 60.0 Å². The van der Waals surface area contributed by atoms with Gasteiger partial charge in [-0.1, -0.05) is 34.1 Å². The van der Waals surface area contributed by atoms with Gasteiger partial charge < -0.3 is 0 Å². The highest BCUT2D eigenvalue weighted by Gasteiger charge is 2.93. The standard InChI is InChI=1S/C17H21F15/c1-5-9(2)8-10(3,4)6-7-11(18,19)12(20,21)13(22,23)14(24,25)15(26,27)16(28,29)17(30,31)32/h9H,5-8H2,1-4H3. The van der Waals surface area contributed by atoms with Crippen LogP contribution in [0, 0.1) is 11.3 Å². The molecule has 0 aromatic carbocycles. The van der Waals surface area contributed by atoms with Gasteiger partial charge in [-0.05, 0) is 24.2 Å². The molecule has 1 unspecified atom stereocenters. The van der Waals surface area contributed by atoms with Crippen LogP contribution in [0.3, 0.4) is 0 Å². The van der Waals surface area contributed by atoms with E-state index in [0.29, 0.717) is 6.42 Å². The van der Waals surface area contributed by atoms with Crippen molar-refractivity contribution in [3.05, 3.63) is 0 Å². The Kier molecular flexibility index (Phi) is 8.34. The number of rotatable bonds is 11. The highest BCUT2D eigenvalue weighted by atomic mass is 19.4. The predicted octanol–water partition coefficient (Wildman–Crippen LogP) is 8.60. The molecule has 0 amide bonds. The summed E-state index contributed by atoms with van der Waals surface area (Å²) in [5.74, 6) is -46.1. The van der Waals surface area contributed by atoms with E-state index in [0.717, 1.165) is 0 Å². The summed E-state index contributed by atoms with van der Waals surface area (Å²) < 4.78 is 197. The van der Waals surface area contributed by atoms with Gasteiger partial charge in [-0.15, -0.1) is 0 Å². The lowest BCUT2D eigenvalue weighted by atomic mass is 9.77. The SMILES string of the molecule is CCC(C)CC(C)(C)CCC(F)(F)C(F)(F)C(F)(F)C(F)(F)C(F)(F)C(F)(F)C(F)(F)F. The summed E-state index contributed by atoms with van der Waals surface area (Å²) in [6, 6.07) is 0. The van der Waals surface area contributed by atoms with Crippen molar-refractivity contribution in [3.63, 3.8) is 0 Å². The maximum absolute atomic E-state index is 13.9. The molecule has 0 nitrogen and oxygen atoms in total. The second kappa shape index (κ2) is 8.62. The summed E-state index contributed by atoms with van der Waals surface area (Å²) in [5, 5.41) is 0. The van der Waals surface area contributed by atoms with Gasteiger partial charge in [0.2, 0.25) is 0 Å². The van der Waals surface area contributed by atoms with Crippen LogP contribution in [0.25, 0.3) is 0 Å². The molecule has 0 spiro atoms. The van der Waals surface area contributed by atoms with E-state index >= 15 is 0 Å². The Balaban J connectivity index is 6.16. The molecule has 0 rings (SSSR count). The first-order valence-corrected chi connectivity index (χ1v) is 9.00. The highest BCUT2D eigenvalue weighted by Crippen LogP contribution is 2.63. The van der Waals surface area contributed by atoms with Crippen molar-refractivity contribution < 1.29 is 65.9 Å². The van der Waals surface area contributed by atoms with Crippen LogP contribution in [0.1, 0.15) is 53.4 Å². The van der Waals surface area contributed by atoms with Gasteiger partial charge in [0.1, 0.15) is 0 Å². The number of alkyl halides is 15. The molecule has 0 saturated carbocycles. The van der Waals surface area contributed by atoms with Crippen LogP contribution in [0.15, 0.2) is 0 Å². The normalized spacial score (nSPS) is 17.0. The van der Waals surface area contributed by atoms with E-state index in [2.05, 4.69) is 0 Å². The van der Waals surface area contributed by atoms with E-state index in [9.17, 15) is 65.9 Å². The van der Waals surface area contributed by atoms with Crippen molar-refractivity contribution in [2.75, 3.05) is 0 Å². The Morgan fingerprint density at radius 2 is 0.875 bits per heavy atom. The monoisotopic (exact) mass is 510 g/mol. The minimum atomic E-state index is -8.22. The summed E-state index contributed by atoms with van der Waals surface area (Å²) in [6.07, 6.45) is -10.3. The van der Waals surface area contributed by atoms with Crippen molar-refractivity contribution in [2.24, 2.45) is 11.3 Å². The van der Waals surface area contributed by atoms with Crippen molar-refractivity contribution >= 4 is 0 Å². The van der Waals surface area contributed by atoms with Crippen LogP contribution in [-0.2, 0) is 0 Å². The van der Waals surface area contributed by atoms with Crippen LogP contribution in [0.4, 0.5) is 65.9 Å². The average Bonchev–Trinajstić information content (AvgIpc) is 2.57. The highest BCUT2D eigenvalue weighted by molar-refractivity contribution is 5.13. The molecule has 0 saturated heterocycles. The average molecular weight is 510 g/mol. The molecule has 32 heavy (non-hydrogen) atoms. The Labute approximate surface area is 173 Å². The third-order valence-corrected chi connectivity index (χ3v) is 5.11. The number of hydrogen-bond acceptors (Lipinski definition) is 0. The molecule has 0 aliphatic rings. The zero-order valence-corrected chi connectivity index (χ0v) is 17.1. The minimum absolute atomic E-state index is 0.0770. The van der Waals surface area contributed by atoms with Crippen LogP contribution in [0.5, 0.6) is 0 Å². The Hall–Kier alpha value is -1.05. The molecule has 0 N–H and O–H groups in total. The molecule has 0 heterocycles. The molecule has 194 valence electrons. The van der Waals surface area contributed by atoms with Gasteiger partial charge in [-0.25, -0.2) is 0 Å². The molecule has 0 aliphatic carbocycles. The van der Waals surface area contributed by atoms with Gasteiger partial charge in [0.05, 0.1) is 0 Å². The zero-order valence-electron chi connectivity index (χ0n) is 17.1. The lowest BCUT2D eigenvalue weighted by Gasteiger charge is -2.42. The molecule has 15 heteroatoms. The quantitative estimate of drug-likeness (QED) is 0.244. The van der Waals surface area contributed by atoms with Gasteiger partial charge in [0.25, 0.3) is 0 Å². The lowest BCUT2D eigenvalue weighted by Crippen LogP contribution is -2.72. The first-order valence-electron chi connectivity index (χ1n) is 9.00. The number of halogens is 15. The first kappa shape index (κ1) is 30.9. The third-order valence-electron chi connectivity index (χ3n) is 5.11. The Bertz CT molecular complexity index is 630. The smallest absolute Gasteiger partial charge is 0.200 e. The van der Waals surface area contributed by atoms with E-state index in [1.807, 2.05) is 0 Å². The van der Waals surface area contributed by atoms with Crippen molar-refractivity contribution in [1.82, 2.24) is 0 Å². The summed E-state index contributed by atoms with van der Waals surface area (Å²) in [7, 11) is 0. The topological polar surface area (TPSA) is 0 Å². The van der Waals surface area contributed by atoms with Crippen LogP contribution in [0.2, 0.25) is 0 Å². The van der Waals surface area contributed by atoms with E-state index in [1.165, 1.54) is 13.8 Å². The Morgan fingerprint density at radius 1 is 0.531 bits per heavy atom. The van der Waals surface area contributed by atoms with Crippen molar-refractivity contribution in [3.8, 4) is 0 Å². The van der Waals surface area contributed by atoms with Gasteiger partial charge in [-0.2, -0.15) is 65.9 Å². The first-order chi connectivity index (χ1) is 13.7. The molecule has 0 aromatic rings. The second-order valence-electron chi connectivity index (χ2n) is 8.46. The molecule has 0 bridgehead atoms. The van der Waals surface area contributed by atoms with E-state index in [1.54, 1.807) is 13.8 Å². The minimum Gasteiger partial charge on any atom is -0.200 e.